The molecular weight excluding hydrogens is 450 g/mol. The van der Waals surface area contributed by atoms with Crippen LogP contribution in [0.3, 0.4) is 0 Å². The first-order valence-electron chi connectivity index (χ1n) is 11.1. The Bertz CT molecular complexity index is 1530. The van der Waals surface area contributed by atoms with Crippen molar-refractivity contribution in [3.8, 4) is 17.0 Å². The Morgan fingerprint density at radius 3 is 2.83 bits per heavy atom. The molecule has 4 atom stereocenters. The van der Waals surface area contributed by atoms with E-state index < -0.39 is 24.4 Å². The molecule has 0 spiro atoms. The molecule has 1 aromatic carbocycles. The van der Waals surface area contributed by atoms with Crippen molar-refractivity contribution in [1.29, 1.82) is 0 Å². The first-order valence-corrected chi connectivity index (χ1v) is 11.1. The molecule has 0 aliphatic carbocycles. The topological polar surface area (TPSA) is 146 Å². The van der Waals surface area contributed by atoms with E-state index in [1.54, 1.807) is 15.4 Å². The number of hydrogen-bond donors (Lipinski definition) is 3. The molecule has 178 valence electrons. The van der Waals surface area contributed by atoms with Crippen LogP contribution in [0, 0.1) is 0 Å². The summed E-state index contributed by atoms with van der Waals surface area (Å²) in [7, 11) is 1.82. The van der Waals surface area contributed by atoms with Crippen LogP contribution < -0.4 is 10.5 Å². The van der Waals surface area contributed by atoms with Crippen molar-refractivity contribution in [2.24, 2.45) is 7.05 Å². The standard InChI is InChI=1S/C24H23N7O4/c1-30-8-6-16(29-30)15-10-18(31-20(15)24(25)27-12-28-31)23-22(33)21(32)19(35-23)11-34-14-5-4-13-3-2-7-26-17(13)9-14/h2-10,12,19,21-23,32-33H,11H2,1H3,(H2,25,27,28)/t19-,21-,22-,23+/m1/s1. The van der Waals surface area contributed by atoms with Gasteiger partial charge in [-0.3, -0.25) is 9.67 Å². The minimum Gasteiger partial charge on any atom is -0.491 e. The smallest absolute Gasteiger partial charge is 0.152 e. The van der Waals surface area contributed by atoms with Crippen LogP contribution in [-0.4, -0.2) is 64.5 Å². The van der Waals surface area contributed by atoms with E-state index in [2.05, 4.69) is 20.2 Å². The van der Waals surface area contributed by atoms with Crippen molar-refractivity contribution in [3.05, 3.63) is 66.9 Å². The first kappa shape index (κ1) is 21.5. The quantitative estimate of drug-likeness (QED) is 0.346. The van der Waals surface area contributed by atoms with E-state index in [9.17, 15) is 10.2 Å². The van der Waals surface area contributed by atoms with Crippen LogP contribution in [0.5, 0.6) is 5.75 Å². The molecule has 6 rings (SSSR count). The molecule has 35 heavy (non-hydrogen) atoms. The molecule has 4 aromatic heterocycles. The van der Waals surface area contributed by atoms with Crippen molar-refractivity contribution >= 4 is 22.2 Å². The van der Waals surface area contributed by atoms with E-state index >= 15 is 0 Å². The van der Waals surface area contributed by atoms with Gasteiger partial charge in [-0.25, -0.2) is 9.50 Å². The highest BCUT2D eigenvalue weighted by atomic mass is 16.6. The van der Waals surface area contributed by atoms with Crippen molar-refractivity contribution in [2.45, 2.75) is 24.4 Å². The number of rotatable bonds is 5. The van der Waals surface area contributed by atoms with Gasteiger partial charge < -0.3 is 25.4 Å². The summed E-state index contributed by atoms with van der Waals surface area (Å²) in [6.07, 6.45) is 0.871. The number of aromatic nitrogens is 6. The molecule has 0 amide bonds. The van der Waals surface area contributed by atoms with Gasteiger partial charge >= 0.3 is 0 Å². The summed E-state index contributed by atoms with van der Waals surface area (Å²) < 4.78 is 15.2. The largest absolute Gasteiger partial charge is 0.491 e. The third-order valence-corrected chi connectivity index (χ3v) is 6.25. The Hall–Kier alpha value is -4.06. The maximum atomic E-state index is 10.9. The van der Waals surface area contributed by atoms with E-state index in [4.69, 9.17) is 15.2 Å². The Labute approximate surface area is 199 Å². The average Bonchev–Trinajstić information content (AvgIpc) is 3.54. The maximum Gasteiger partial charge on any atom is 0.152 e. The van der Waals surface area contributed by atoms with E-state index in [0.717, 1.165) is 10.9 Å². The number of nitrogen functional groups attached to an aromatic ring is 1. The Kier molecular flexibility index (Phi) is 5.10. The lowest BCUT2D eigenvalue weighted by Gasteiger charge is -2.15. The third-order valence-electron chi connectivity index (χ3n) is 6.25. The van der Waals surface area contributed by atoms with Crippen LogP contribution in [0.1, 0.15) is 11.8 Å². The number of aliphatic hydroxyl groups is 2. The summed E-state index contributed by atoms with van der Waals surface area (Å²) in [6.45, 7) is 0.0423. The molecule has 11 heteroatoms. The second kappa shape index (κ2) is 8.31. The van der Waals surface area contributed by atoms with Gasteiger partial charge in [0.15, 0.2) is 5.82 Å². The fourth-order valence-electron chi connectivity index (χ4n) is 4.49. The molecular formula is C24H23N7O4. The lowest BCUT2D eigenvalue weighted by molar-refractivity contribution is -0.0187. The van der Waals surface area contributed by atoms with Crippen LogP contribution >= 0.6 is 0 Å². The van der Waals surface area contributed by atoms with Crippen LogP contribution in [0.25, 0.3) is 27.7 Å². The van der Waals surface area contributed by atoms with Crippen molar-refractivity contribution in [3.63, 3.8) is 0 Å². The van der Waals surface area contributed by atoms with Crippen LogP contribution in [-0.2, 0) is 11.8 Å². The predicted octanol–water partition coefficient (Wildman–Crippen LogP) is 1.50. The van der Waals surface area contributed by atoms with Crippen LogP contribution in [0.2, 0.25) is 0 Å². The molecule has 1 aliphatic rings. The molecule has 5 aromatic rings. The number of fused-ring (bicyclic) bond motifs is 2. The van der Waals surface area contributed by atoms with Crippen molar-refractivity contribution in [1.82, 2.24) is 29.4 Å². The van der Waals surface area contributed by atoms with Gasteiger partial charge in [0.05, 0.1) is 16.9 Å². The second-order valence-electron chi connectivity index (χ2n) is 8.51. The Balaban J connectivity index is 1.29. The Morgan fingerprint density at radius 2 is 2.00 bits per heavy atom. The number of pyridine rings is 1. The van der Waals surface area contributed by atoms with E-state index in [-0.39, 0.29) is 12.4 Å². The zero-order valence-corrected chi connectivity index (χ0v) is 18.8. The molecule has 1 saturated heterocycles. The number of ether oxygens (including phenoxy) is 2. The second-order valence-corrected chi connectivity index (χ2v) is 8.51. The number of anilines is 1. The summed E-state index contributed by atoms with van der Waals surface area (Å²) in [5.41, 5.74) is 9.43. The summed E-state index contributed by atoms with van der Waals surface area (Å²) in [6, 6.07) is 13.1. The zero-order chi connectivity index (χ0) is 24.1. The lowest BCUT2D eigenvalue weighted by Crippen LogP contribution is -2.34. The van der Waals surface area contributed by atoms with Gasteiger partial charge in [-0.15, -0.1) is 0 Å². The minimum atomic E-state index is -1.20. The number of aryl methyl sites for hydroxylation is 1. The van der Waals surface area contributed by atoms with Crippen molar-refractivity contribution in [2.75, 3.05) is 12.3 Å². The van der Waals surface area contributed by atoms with Crippen LogP contribution in [0.4, 0.5) is 5.82 Å². The first-order chi connectivity index (χ1) is 17.0. The molecule has 5 heterocycles. The number of nitrogens with zero attached hydrogens (tertiary/aromatic N) is 6. The molecule has 0 saturated carbocycles. The maximum absolute atomic E-state index is 10.9. The number of aliphatic hydroxyl groups excluding tert-OH is 2. The zero-order valence-electron chi connectivity index (χ0n) is 18.8. The van der Waals surface area contributed by atoms with Gasteiger partial charge in [0.25, 0.3) is 0 Å². The summed E-state index contributed by atoms with van der Waals surface area (Å²) >= 11 is 0. The lowest BCUT2D eigenvalue weighted by atomic mass is 10.1. The van der Waals surface area contributed by atoms with Gasteiger partial charge in [0.1, 0.15) is 48.6 Å². The molecule has 0 bridgehead atoms. The molecule has 11 nitrogen and oxygen atoms in total. The molecule has 1 fully saturated rings. The monoisotopic (exact) mass is 473 g/mol. The highest BCUT2D eigenvalue weighted by molar-refractivity contribution is 5.87. The summed E-state index contributed by atoms with van der Waals surface area (Å²) in [4.78, 5) is 8.44. The summed E-state index contributed by atoms with van der Waals surface area (Å²) in [5.74, 6) is 0.862. The van der Waals surface area contributed by atoms with E-state index in [1.165, 1.54) is 6.33 Å². The molecule has 4 N–H and O–H groups in total. The highest BCUT2D eigenvalue weighted by Crippen LogP contribution is 2.38. The van der Waals surface area contributed by atoms with Crippen molar-refractivity contribution < 1.29 is 19.7 Å². The van der Waals surface area contributed by atoms with Gasteiger partial charge in [0, 0.05) is 36.5 Å². The normalized spacial score (nSPS) is 22.3. The molecule has 0 radical (unpaired) electrons. The highest BCUT2D eigenvalue weighted by Gasteiger charge is 2.45. The SMILES string of the molecule is Cn1ccc(-c2cc([C@@H]3O[C@H](COc4ccc5cccnc5c4)[C@@H](O)[C@H]3O)n3ncnc(N)c23)n1. The number of nitrogens with two attached hydrogens (primary N) is 1. The van der Waals surface area contributed by atoms with Gasteiger partial charge in [0.2, 0.25) is 0 Å². The van der Waals surface area contributed by atoms with Gasteiger partial charge in [-0.2, -0.15) is 10.2 Å². The Morgan fingerprint density at radius 1 is 1.11 bits per heavy atom. The number of hydrogen-bond acceptors (Lipinski definition) is 9. The van der Waals surface area contributed by atoms with E-state index in [1.807, 2.05) is 55.7 Å². The van der Waals surface area contributed by atoms with Gasteiger partial charge in [-0.05, 0) is 30.3 Å². The van der Waals surface area contributed by atoms with Crippen LogP contribution in [0.15, 0.2) is 61.2 Å². The average molecular weight is 473 g/mol. The molecule has 1 aliphatic heterocycles. The third kappa shape index (κ3) is 3.66. The van der Waals surface area contributed by atoms with Gasteiger partial charge in [-0.1, -0.05) is 6.07 Å². The minimum absolute atomic E-state index is 0.0423. The predicted molar refractivity (Wildman–Crippen MR) is 126 cm³/mol. The summed E-state index contributed by atoms with van der Waals surface area (Å²) in [5, 5.41) is 31.4. The fourth-order valence-corrected chi connectivity index (χ4v) is 4.49. The number of benzene rings is 1. The van der Waals surface area contributed by atoms with E-state index in [0.29, 0.717) is 28.2 Å². The fraction of sp³-hybridized carbons (Fsp3) is 0.250. The molecule has 0 unspecified atom stereocenters.